The van der Waals surface area contributed by atoms with E-state index in [-0.39, 0.29) is 33.3 Å². The van der Waals surface area contributed by atoms with Crippen molar-refractivity contribution in [1.82, 2.24) is 10.2 Å². The third-order valence-corrected chi connectivity index (χ3v) is 7.52. The lowest BCUT2D eigenvalue weighted by atomic mass is 10.1. The molecule has 0 bridgehead atoms. The van der Waals surface area contributed by atoms with E-state index in [1.807, 2.05) is 13.8 Å². The van der Waals surface area contributed by atoms with Crippen LogP contribution in [-0.2, 0) is 26.2 Å². The summed E-state index contributed by atoms with van der Waals surface area (Å²) in [7, 11) is -4.00. The first-order valence-corrected chi connectivity index (χ1v) is 13.7. The summed E-state index contributed by atoms with van der Waals surface area (Å²) in [6, 6.07) is 6.90. The van der Waals surface area contributed by atoms with Gasteiger partial charge in [-0.15, -0.1) is 0 Å². The van der Waals surface area contributed by atoms with Crippen molar-refractivity contribution in [2.24, 2.45) is 0 Å². The summed E-state index contributed by atoms with van der Waals surface area (Å²) in [4.78, 5) is 27.5. The third-order valence-electron chi connectivity index (χ3n) is 5.37. The standard InChI is InChI=1S/C23H27Cl3FN3O4S/c1-5-14(2)28-23(32)15(3)29(12-16-6-8-17(27)9-7-16)22(31)13-30(35(4,33)34)21-11-19(25)18(24)10-20(21)26/h6-11,14-15H,5,12-13H2,1-4H3,(H,28,32)/t14-,15-/m1/s1. The number of nitrogens with one attached hydrogen (secondary N) is 1. The van der Waals surface area contributed by atoms with Crippen molar-refractivity contribution < 1.29 is 22.4 Å². The van der Waals surface area contributed by atoms with Crippen molar-refractivity contribution in [3.8, 4) is 0 Å². The van der Waals surface area contributed by atoms with Crippen LogP contribution in [0.4, 0.5) is 10.1 Å². The average Bonchev–Trinajstić information content (AvgIpc) is 2.78. The Labute approximate surface area is 220 Å². The van der Waals surface area contributed by atoms with Crippen molar-refractivity contribution in [2.45, 2.75) is 45.8 Å². The maximum absolute atomic E-state index is 13.5. The summed E-state index contributed by atoms with van der Waals surface area (Å²) in [5, 5.41) is 2.97. The van der Waals surface area contributed by atoms with Crippen molar-refractivity contribution in [3.05, 3.63) is 62.8 Å². The monoisotopic (exact) mass is 565 g/mol. The second-order valence-electron chi connectivity index (χ2n) is 8.13. The Balaban J connectivity index is 2.45. The van der Waals surface area contributed by atoms with Crippen LogP contribution >= 0.6 is 34.8 Å². The van der Waals surface area contributed by atoms with Crippen LogP contribution in [0.1, 0.15) is 32.8 Å². The molecule has 0 radical (unpaired) electrons. The van der Waals surface area contributed by atoms with Crippen LogP contribution in [0.5, 0.6) is 0 Å². The molecule has 0 aliphatic rings. The first kappa shape index (κ1) is 29.2. The Morgan fingerprint density at radius 2 is 1.60 bits per heavy atom. The number of sulfonamides is 1. The van der Waals surface area contributed by atoms with Gasteiger partial charge < -0.3 is 10.2 Å². The summed E-state index contributed by atoms with van der Waals surface area (Å²) >= 11 is 18.2. The fraction of sp³-hybridized carbons (Fsp3) is 0.391. The number of hydrogen-bond donors (Lipinski definition) is 1. The molecule has 0 aromatic heterocycles. The zero-order valence-corrected chi connectivity index (χ0v) is 22.8. The van der Waals surface area contributed by atoms with E-state index in [4.69, 9.17) is 34.8 Å². The topological polar surface area (TPSA) is 86.8 Å². The molecule has 0 saturated carbocycles. The molecule has 2 aromatic rings. The second kappa shape index (κ2) is 12.3. The van der Waals surface area contributed by atoms with E-state index < -0.39 is 40.2 Å². The van der Waals surface area contributed by atoms with Gasteiger partial charge in [0.2, 0.25) is 21.8 Å². The number of hydrogen-bond acceptors (Lipinski definition) is 4. The van der Waals surface area contributed by atoms with Crippen molar-refractivity contribution in [3.63, 3.8) is 0 Å². The molecule has 0 unspecified atom stereocenters. The number of rotatable bonds is 10. The fourth-order valence-electron chi connectivity index (χ4n) is 3.13. The van der Waals surface area contributed by atoms with E-state index in [0.717, 1.165) is 10.6 Å². The highest BCUT2D eigenvalue weighted by atomic mass is 35.5. The fourth-order valence-corrected chi connectivity index (χ4v) is 4.68. The van der Waals surface area contributed by atoms with Gasteiger partial charge in [0.15, 0.2) is 0 Å². The number of benzene rings is 2. The van der Waals surface area contributed by atoms with Gasteiger partial charge in [-0.3, -0.25) is 13.9 Å². The van der Waals surface area contributed by atoms with Crippen molar-refractivity contribution in [1.29, 1.82) is 0 Å². The number of nitrogens with zero attached hydrogens (tertiary/aromatic N) is 2. The number of carbonyl (C=O) groups excluding carboxylic acids is 2. The molecule has 0 saturated heterocycles. The summed E-state index contributed by atoms with van der Waals surface area (Å²) in [6.07, 6.45) is 1.60. The van der Waals surface area contributed by atoms with E-state index >= 15 is 0 Å². The minimum absolute atomic E-state index is 0.0229. The summed E-state index contributed by atoms with van der Waals surface area (Å²) in [5.41, 5.74) is 0.525. The quantitative estimate of drug-likeness (QED) is 0.415. The van der Waals surface area contributed by atoms with Crippen LogP contribution in [0.25, 0.3) is 0 Å². The molecule has 35 heavy (non-hydrogen) atoms. The van der Waals surface area contributed by atoms with Crippen LogP contribution < -0.4 is 9.62 Å². The first-order chi connectivity index (χ1) is 16.2. The largest absolute Gasteiger partial charge is 0.352 e. The van der Waals surface area contributed by atoms with Gasteiger partial charge in [0.25, 0.3) is 0 Å². The predicted octanol–water partition coefficient (Wildman–Crippen LogP) is 4.88. The van der Waals surface area contributed by atoms with Crippen LogP contribution in [0.3, 0.4) is 0 Å². The molecule has 2 amide bonds. The highest BCUT2D eigenvalue weighted by molar-refractivity contribution is 7.92. The third kappa shape index (κ3) is 7.96. The highest BCUT2D eigenvalue weighted by Gasteiger charge is 2.31. The number of amides is 2. The lowest BCUT2D eigenvalue weighted by molar-refractivity contribution is -0.139. The Bertz CT molecular complexity index is 1180. The predicted molar refractivity (Wildman–Crippen MR) is 138 cm³/mol. The Kier molecular flexibility index (Phi) is 10.2. The Hall–Kier alpha value is -2.07. The number of halogens is 4. The number of anilines is 1. The number of carbonyl (C=O) groups is 2. The lowest BCUT2D eigenvalue weighted by Gasteiger charge is -2.32. The molecule has 0 aliphatic carbocycles. The van der Waals surface area contributed by atoms with Crippen molar-refractivity contribution >= 4 is 62.3 Å². The van der Waals surface area contributed by atoms with Crippen LogP contribution in [0.2, 0.25) is 15.1 Å². The van der Waals surface area contributed by atoms with Gasteiger partial charge in [0.05, 0.1) is 27.0 Å². The van der Waals surface area contributed by atoms with E-state index in [1.54, 1.807) is 0 Å². The Morgan fingerprint density at radius 1 is 1.03 bits per heavy atom. The average molecular weight is 567 g/mol. The summed E-state index contributed by atoms with van der Waals surface area (Å²) < 4.78 is 39.4. The second-order valence-corrected chi connectivity index (χ2v) is 11.3. The molecule has 2 atom stereocenters. The molecule has 2 rings (SSSR count). The molecular formula is C23H27Cl3FN3O4S. The van der Waals surface area contributed by atoms with E-state index in [1.165, 1.54) is 48.2 Å². The molecule has 2 aromatic carbocycles. The SMILES string of the molecule is CC[C@@H](C)NC(=O)[C@@H](C)N(Cc1ccc(F)cc1)C(=O)CN(c1cc(Cl)c(Cl)cc1Cl)S(C)(=O)=O. The first-order valence-electron chi connectivity index (χ1n) is 10.7. The van der Waals surface area contributed by atoms with Gasteiger partial charge in [-0.1, -0.05) is 53.9 Å². The van der Waals surface area contributed by atoms with Crippen molar-refractivity contribution in [2.75, 3.05) is 17.1 Å². The zero-order chi connectivity index (χ0) is 26.5. The van der Waals surface area contributed by atoms with Gasteiger partial charge in [-0.05, 0) is 50.1 Å². The molecule has 7 nitrogen and oxygen atoms in total. The molecule has 0 fully saturated rings. The zero-order valence-electron chi connectivity index (χ0n) is 19.7. The van der Waals surface area contributed by atoms with Gasteiger partial charge >= 0.3 is 0 Å². The van der Waals surface area contributed by atoms with Crippen LogP contribution in [0.15, 0.2) is 36.4 Å². The molecule has 0 aliphatic heterocycles. The van der Waals surface area contributed by atoms with Crippen LogP contribution in [-0.4, -0.2) is 50.0 Å². The summed E-state index contributed by atoms with van der Waals surface area (Å²) in [6.45, 7) is 4.56. The minimum Gasteiger partial charge on any atom is -0.352 e. The highest BCUT2D eigenvalue weighted by Crippen LogP contribution is 2.35. The summed E-state index contributed by atoms with van der Waals surface area (Å²) in [5.74, 6) is -1.53. The molecular weight excluding hydrogens is 540 g/mol. The van der Waals surface area contributed by atoms with Gasteiger partial charge in [-0.25, -0.2) is 12.8 Å². The van der Waals surface area contributed by atoms with Gasteiger partial charge in [0.1, 0.15) is 18.4 Å². The maximum Gasteiger partial charge on any atom is 0.244 e. The van der Waals surface area contributed by atoms with E-state index in [2.05, 4.69) is 5.32 Å². The van der Waals surface area contributed by atoms with Crippen LogP contribution in [0, 0.1) is 5.82 Å². The Morgan fingerprint density at radius 3 is 2.14 bits per heavy atom. The molecule has 1 N–H and O–H groups in total. The normalized spacial score (nSPS) is 13.1. The maximum atomic E-state index is 13.5. The van der Waals surface area contributed by atoms with Gasteiger partial charge in [-0.2, -0.15) is 0 Å². The lowest BCUT2D eigenvalue weighted by Crippen LogP contribution is -2.52. The van der Waals surface area contributed by atoms with E-state index in [9.17, 15) is 22.4 Å². The molecule has 0 heterocycles. The molecule has 12 heteroatoms. The minimum atomic E-state index is -4.00. The smallest absolute Gasteiger partial charge is 0.244 e. The molecule has 192 valence electrons. The van der Waals surface area contributed by atoms with Gasteiger partial charge in [0, 0.05) is 12.6 Å². The van der Waals surface area contributed by atoms with E-state index in [0.29, 0.717) is 12.0 Å². The molecule has 0 spiro atoms.